The number of amides is 2. The van der Waals surface area contributed by atoms with Crippen molar-refractivity contribution >= 4 is 11.8 Å². The summed E-state index contributed by atoms with van der Waals surface area (Å²) in [5, 5.41) is 9.39. The van der Waals surface area contributed by atoms with Crippen LogP contribution in [-0.4, -0.2) is 16.7 Å². The van der Waals surface area contributed by atoms with Gasteiger partial charge in [0.25, 0.3) is 0 Å². The molecule has 0 N–H and O–H groups in total. The molecule has 104 valence electrons. The Labute approximate surface area is 119 Å². The van der Waals surface area contributed by atoms with E-state index in [-0.39, 0.29) is 24.2 Å². The first-order chi connectivity index (χ1) is 9.41. The molecule has 2 rings (SSSR count). The lowest BCUT2D eigenvalue weighted by Crippen LogP contribution is -2.38. The summed E-state index contributed by atoms with van der Waals surface area (Å²) in [7, 11) is 0. The average molecular weight is 270 g/mol. The van der Waals surface area contributed by atoms with E-state index in [0.717, 1.165) is 4.90 Å². The van der Waals surface area contributed by atoms with E-state index in [1.807, 2.05) is 19.9 Å². The van der Waals surface area contributed by atoms with Crippen molar-refractivity contribution in [2.45, 2.75) is 33.2 Å². The standard InChI is InChI=1S/C16H18N2O2/c1-11(2)16(3)9-14(19)18(15(16)20)13(10-17)12-7-5-4-6-8-12/h4-8,11,13H,9H2,1-3H3. The zero-order valence-electron chi connectivity index (χ0n) is 12.0. The number of rotatable bonds is 3. The molecule has 0 aliphatic carbocycles. The largest absolute Gasteiger partial charge is 0.274 e. The molecule has 1 heterocycles. The molecule has 4 heteroatoms. The molecule has 2 amide bonds. The second-order valence-electron chi connectivity index (χ2n) is 5.76. The summed E-state index contributed by atoms with van der Waals surface area (Å²) in [5.41, 5.74) is -0.0364. The van der Waals surface area contributed by atoms with E-state index >= 15 is 0 Å². The van der Waals surface area contributed by atoms with Crippen molar-refractivity contribution in [1.29, 1.82) is 5.26 Å². The fraction of sp³-hybridized carbons (Fsp3) is 0.438. The van der Waals surface area contributed by atoms with Crippen molar-refractivity contribution < 1.29 is 9.59 Å². The van der Waals surface area contributed by atoms with Crippen molar-refractivity contribution in [3.8, 4) is 6.07 Å². The molecule has 1 aliphatic heterocycles. The normalized spacial score (nSPS) is 24.1. The molecular weight excluding hydrogens is 252 g/mol. The van der Waals surface area contributed by atoms with Gasteiger partial charge < -0.3 is 0 Å². The predicted octanol–water partition coefficient (Wildman–Crippen LogP) is 2.67. The van der Waals surface area contributed by atoms with Gasteiger partial charge in [-0.05, 0) is 18.4 Å². The minimum Gasteiger partial charge on any atom is -0.274 e. The predicted molar refractivity (Wildman–Crippen MR) is 74.2 cm³/mol. The minimum atomic E-state index is -0.836. The van der Waals surface area contributed by atoms with Crippen LogP contribution in [0.1, 0.15) is 38.8 Å². The maximum absolute atomic E-state index is 12.6. The van der Waals surface area contributed by atoms with Gasteiger partial charge in [0.15, 0.2) is 6.04 Å². The number of imide groups is 1. The zero-order chi connectivity index (χ0) is 14.9. The van der Waals surface area contributed by atoms with Crippen LogP contribution in [0.25, 0.3) is 0 Å². The lowest BCUT2D eigenvalue weighted by molar-refractivity contribution is -0.143. The molecule has 1 aliphatic rings. The van der Waals surface area contributed by atoms with Crippen LogP contribution < -0.4 is 0 Å². The highest BCUT2D eigenvalue weighted by Crippen LogP contribution is 2.42. The van der Waals surface area contributed by atoms with Crippen LogP contribution in [0.15, 0.2) is 30.3 Å². The molecule has 1 fully saturated rings. The summed E-state index contributed by atoms with van der Waals surface area (Å²) < 4.78 is 0. The van der Waals surface area contributed by atoms with Crippen LogP contribution in [0.5, 0.6) is 0 Å². The summed E-state index contributed by atoms with van der Waals surface area (Å²) in [6, 6.07) is 10.2. The van der Waals surface area contributed by atoms with E-state index in [0.29, 0.717) is 5.56 Å². The Bertz CT molecular complexity index is 574. The Morgan fingerprint density at radius 1 is 1.25 bits per heavy atom. The molecule has 0 spiro atoms. The first-order valence-electron chi connectivity index (χ1n) is 6.73. The number of carbonyl (C=O) groups excluding carboxylic acids is 2. The highest BCUT2D eigenvalue weighted by molar-refractivity contribution is 6.06. The van der Waals surface area contributed by atoms with Gasteiger partial charge in [0.05, 0.1) is 11.5 Å². The Hall–Kier alpha value is -2.15. The number of hydrogen-bond donors (Lipinski definition) is 0. The van der Waals surface area contributed by atoms with Crippen molar-refractivity contribution in [2.75, 3.05) is 0 Å². The molecule has 2 atom stereocenters. The number of hydrogen-bond acceptors (Lipinski definition) is 3. The van der Waals surface area contributed by atoms with Gasteiger partial charge in [0.1, 0.15) is 0 Å². The van der Waals surface area contributed by atoms with Crippen LogP contribution in [-0.2, 0) is 9.59 Å². The highest BCUT2D eigenvalue weighted by Gasteiger charge is 2.52. The van der Waals surface area contributed by atoms with E-state index in [9.17, 15) is 14.9 Å². The Morgan fingerprint density at radius 3 is 2.30 bits per heavy atom. The molecule has 1 saturated heterocycles. The van der Waals surface area contributed by atoms with Crippen LogP contribution in [0.2, 0.25) is 0 Å². The molecule has 0 bridgehead atoms. The van der Waals surface area contributed by atoms with Gasteiger partial charge in [0, 0.05) is 6.42 Å². The summed E-state index contributed by atoms with van der Waals surface area (Å²) in [4.78, 5) is 26.0. The van der Waals surface area contributed by atoms with E-state index < -0.39 is 11.5 Å². The maximum atomic E-state index is 12.6. The van der Waals surface area contributed by atoms with Crippen molar-refractivity contribution in [1.82, 2.24) is 4.90 Å². The third-order valence-electron chi connectivity index (χ3n) is 4.26. The van der Waals surface area contributed by atoms with Gasteiger partial charge in [-0.2, -0.15) is 5.26 Å². The first-order valence-corrected chi connectivity index (χ1v) is 6.73. The lowest BCUT2D eigenvalue weighted by atomic mass is 9.78. The van der Waals surface area contributed by atoms with Crippen molar-refractivity contribution in [3.05, 3.63) is 35.9 Å². The third-order valence-corrected chi connectivity index (χ3v) is 4.26. The molecular formula is C16H18N2O2. The second-order valence-corrected chi connectivity index (χ2v) is 5.76. The summed E-state index contributed by atoms with van der Waals surface area (Å²) >= 11 is 0. The summed E-state index contributed by atoms with van der Waals surface area (Å²) in [6.07, 6.45) is 0.175. The number of benzene rings is 1. The van der Waals surface area contributed by atoms with Gasteiger partial charge in [-0.1, -0.05) is 44.2 Å². The molecule has 4 nitrogen and oxygen atoms in total. The van der Waals surface area contributed by atoms with Crippen LogP contribution in [0.4, 0.5) is 0 Å². The molecule has 20 heavy (non-hydrogen) atoms. The molecule has 1 aromatic rings. The van der Waals surface area contributed by atoms with Gasteiger partial charge in [0.2, 0.25) is 11.8 Å². The zero-order valence-corrected chi connectivity index (χ0v) is 12.0. The molecule has 2 unspecified atom stereocenters. The number of likely N-dealkylation sites (tertiary alicyclic amines) is 1. The van der Waals surface area contributed by atoms with E-state index in [4.69, 9.17) is 0 Å². The van der Waals surface area contributed by atoms with Crippen LogP contribution in [0, 0.1) is 22.7 Å². The van der Waals surface area contributed by atoms with E-state index in [1.54, 1.807) is 31.2 Å². The first kappa shape index (κ1) is 14.3. The average Bonchev–Trinajstić information content (AvgIpc) is 2.66. The SMILES string of the molecule is CC(C)C1(C)CC(=O)N(C(C#N)c2ccccc2)C1=O. The Balaban J connectivity index is 2.40. The monoisotopic (exact) mass is 270 g/mol. The third kappa shape index (κ3) is 2.09. The summed E-state index contributed by atoms with van der Waals surface area (Å²) in [5.74, 6) is -0.450. The molecule has 0 saturated carbocycles. The smallest absolute Gasteiger partial charge is 0.237 e. The van der Waals surface area contributed by atoms with E-state index in [1.165, 1.54) is 0 Å². The van der Waals surface area contributed by atoms with Gasteiger partial charge >= 0.3 is 0 Å². The quantitative estimate of drug-likeness (QED) is 0.793. The van der Waals surface area contributed by atoms with E-state index in [2.05, 4.69) is 6.07 Å². The lowest BCUT2D eigenvalue weighted by Gasteiger charge is -2.27. The van der Waals surface area contributed by atoms with Gasteiger partial charge in [-0.25, -0.2) is 0 Å². The topological polar surface area (TPSA) is 61.2 Å². The summed E-state index contributed by atoms with van der Waals surface area (Å²) in [6.45, 7) is 5.66. The van der Waals surface area contributed by atoms with Crippen molar-refractivity contribution in [3.63, 3.8) is 0 Å². The van der Waals surface area contributed by atoms with Crippen LogP contribution in [0.3, 0.4) is 0 Å². The number of carbonyl (C=O) groups is 2. The second kappa shape index (κ2) is 5.09. The van der Waals surface area contributed by atoms with Crippen molar-refractivity contribution in [2.24, 2.45) is 11.3 Å². The fourth-order valence-electron chi connectivity index (χ4n) is 2.49. The number of nitriles is 1. The van der Waals surface area contributed by atoms with Gasteiger partial charge in [-0.3, -0.25) is 14.5 Å². The fourth-order valence-corrected chi connectivity index (χ4v) is 2.49. The Kier molecular flexibility index (Phi) is 3.63. The maximum Gasteiger partial charge on any atom is 0.237 e. The Morgan fingerprint density at radius 2 is 1.85 bits per heavy atom. The molecule has 1 aromatic carbocycles. The molecule has 0 aromatic heterocycles. The number of nitrogens with zero attached hydrogens (tertiary/aromatic N) is 2. The van der Waals surface area contributed by atoms with Crippen LogP contribution >= 0.6 is 0 Å². The highest BCUT2D eigenvalue weighted by atomic mass is 16.2. The van der Waals surface area contributed by atoms with Gasteiger partial charge in [-0.15, -0.1) is 0 Å². The minimum absolute atomic E-state index is 0.0547. The molecule has 0 radical (unpaired) electrons.